The molecule has 0 saturated carbocycles. The maximum absolute atomic E-state index is 12.4. The average Bonchev–Trinajstić information content (AvgIpc) is 2.53. The summed E-state index contributed by atoms with van der Waals surface area (Å²) >= 11 is 1.60. The number of rotatable bonds is 5. The van der Waals surface area contributed by atoms with Gasteiger partial charge in [-0.3, -0.25) is 4.79 Å². The second-order valence-electron chi connectivity index (χ2n) is 4.80. The zero-order chi connectivity index (χ0) is 15.2. The van der Waals surface area contributed by atoms with Crippen molar-refractivity contribution in [3.8, 4) is 0 Å². The molecule has 2 aromatic carbocycles. The van der Waals surface area contributed by atoms with Crippen LogP contribution < -0.4 is 5.32 Å². The molecular formula is C17H19NO2S. The number of nitrogens with one attached hydrogen (secondary N) is 1. The Morgan fingerprint density at radius 1 is 1.24 bits per heavy atom. The van der Waals surface area contributed by atoms with E-state index in [2.05, 4.69) is 5.32 Å². The number of aliphatic hydroxyl groups excluding tert-OH is 1. The monoisotopic (exact) mass is 301 g/mol. The molecule has 0 saturated heterocycles. The fraction of sp³-hybridized carbons (Fsp3) is 0.235. The Bertz CT molecular complexity index is 613. The van der Waals surface area contributed by atoms with E-state index in [1.54, 1.807) is 11.8 Å². The Labute approximate surface area is 129 Å². The standard InChI is InChI=1S/C17H19NO2S/c1-12-8-9-14(21-2)10-15(12)17(20)18-16(11-19)13-6-4-3-5-7-13/h3-10,16,19H,11H2,1-2H3,(H,18,20)/t16-/m1/s1. The first kappa shape index (κ1) is 15.6. The minimum Gasteiger partial charge on any atom is -0.394 e. The first-order valence-corrected chi connectivity index (χ1v) is 7.99. The number of carbonyl (C=O) groups excluding carboxylic acids is 1. The highest BCUT2D eigenvalue weighted by Gasteiger charge is 2.16. The van der Waals surface area contributed by atoms with Gasteiger partial charge in [0.25, 0.3) is 5.91 Å². The van der Waals surface area contributed by atoms with Gasteiger partial charge in [-0.25, -0.2) is 0 Å². The summed E-state index contributed by atoms with van der Waals surface area (Å²) in [5.41, 5.74) is 2.47. The van der Waals surface area contributed by atoms with Crippen molar-refractivity contribution in [3.63, 3.8) is 0 Å². The van der Waals surface area contributed by atoms with Crippen LogP contribution in [0.1, 0.15) is 27.5 Å². The molecule has 2 aromatic rings. The van der Waals surface area contributed by atoms with Crippen molar-refractivity contribution in [2.45, 2.75) is 17.9 Å². The Morgan fingerprint density at radius 2 is 1.95 bits per heavy atom. The number of carbonyl (C=O) groups is 1. The minimum atomic E-state index is -0.393. The maximum atomic E-state index is 12.4. The van der Waals surface area contributed by atoms with Crippen LogP contribution in [0, 0.1) is 6.92 Å². The van der Waals surface area contributed by atoms with Gasteiger partial charge >= 0.3 is 0 Å². The van der Waals surface area contributed by atoms with E-state index in [-0.39, 0.29) is 12.5 Å². The zero-order valence-electron chi connectivity index (χ0n) is 12.2. The van der Waals surface area contributed by atoms with Crippen LogP contribution in [0.15, 0.2) is 53.4 Å². The molecule has 4 heteroatoms. The van der Waals surface area contributed by atoms with Gasteiger partial charge in [-0.1, -0.05) is 36.4 Å². The molecule has 0 aliphatic rings. The SMILES string of the molecule is CSc1ccc(C)c(C(=O)N[C@H](CO)c2ccccc2)c1. The van der Waals surface area contributed by atoms with Gasteiger partial charge < -0.3 is 10.4 Å². The number of aryl methyl sites for hydroxylation is 1. The second-order valence-corrected chi connectivity index (χ2v) is 5.68. The van der Waals surface area contributed by atoms with Crippen LogP contribution in [-0.4, -0.2) is 23.9 Å². The molecule has 0 aliphatic carbocycles. The third kappa shape index (κ3) is 3.86. The summed E-state index contributed by atoms with van der Waals surface area (Å²) in [5, 5.41) is 12.4. The quantitative estimate of drug-likeness (QED) is 0.834. The van der Waals surface area contributed by atoms with E-state index in [9.17, 15) is 9.90 Å². The zero-order valence-corrected chi connectivity index (χ0v) is 13.0. The summed E-state index contributed by atoms with van der Waals surface area (Å²) in [6, 6.07) is 14.9. The Hall–Kier alpha value is -1.78. The minimum absolute atomic E-state index is 0.128. The van der Waals surface area contributed by atoms with E-state index in [0.717, 1.165) is 16.0 Å². The highest BCUT2D eigenvalue weighted by Crippen LogP contribution is 2.20. The third-order valence-electron chi connectivity index (χ3n) is 3.38. The first-order valence-electron chi connectivity index (χ1n) is 6.77. The molecule has 1 atom stereocenters. The Balaban J connectivity index is 2.20. The van der Waals surface area contributed by atoms with Crippen LogP contribution in [0.5, 0.6) is 0 Å². The lowest BCUT2D eigenvalue weighted by Gasteiger charge is -2.17. The molecule has 110 valence electrons. The van der Waals surface area contributed by atoms with Gasteiger partial charge in [-0.2, -0.15) is 0 Å². The maximum Gasteiger partial charge on any atom is 0.252 e. The second kappa shape index (κ2) is 7.29. The molecule has 0 spiro atoms. The van der Waals surface area contributed by atoms with Gasteiger partial charge in [0.15, 0.2) is 0 Å². The summed E-state index contributed by atoms with van der Waals surface area (Å²) in [6.45, 7) is 1.78. The van der Waals surface area contributed by atoms with E-state index in [1.165, 1.54) is 0 Å². The van der Waals surface area contributed by atoms with Gasteiger partial charge in [-0.15, -0.1) is 11.8 Å². The lowest BCUT2D eigenvalue weighted by atomic mass is 10.1. The molecule has 0 fully saturated rings. The largest absolute Gasteiger partial charge is 0.394 e. The smallest absolute Gasteiger partial charge is 0.252 e. The van der Waals surface area contributed by atoms with E-state index in [4.69, 9.17) is 0 Å². The van der Waals surface area contributed by atoms with Crippen LogP contribution in [0.4, 0.5) is 0 Å². The van der Waals surface area contributed by atoms with E-state index in [1.807, 2.05) is 61.7 Å². The van der Waals surface area contributed by atoms with Crippen LogP contribution in [-0.2, 0) is 0 Å². The fourth-order valence-corrected chi connectivity index (χ4v) is 2.57. The number of benzene rings is 2. The van der Waals surface area contributed by atoms with Gasteiger partial charge in [0.05, 0.1) is 12.6 Å². The van der Waals surface area contributed by atoms with Crippen LogP contribution in [0.3, 0.4) is 0 Å². The molecule has 0 unspecified atom stereocenters. The Morgan fingerprint density at radius 3 is 2.57 bits per heavy atom. The molecule has 21 heavy (non-hydrogen) atoms. The van der Waals surface area contributed by atoms with Gasteiger partial charge in [0.1, 0.15) is 0 Å². The van der Waals surface area contributed by atoms with Crippen molar-refractivity contribution in [2.75, 3.05) is 12.9 Å². The first-order chi connectivity index (χ1) is 10.2. The average molecular weight is 301 g/mol. The molecule has 0 bridgehead atoms. The molecule has 0 heterocycles. The van der Waals surface area contributed by atoms with Crippen LogP contribution >= 0.6 is 11.8 Å². The summed E-state index contributed by atoms with van der Waals surface area (Å²) < 4.78 is 0. The van der Waals surface area contributed by atoms with E-state index < -0.39 is 6.04 Å². The van der Waals surface area contributed by atoms with Crippen molar-refractivity contribution in [1.29, 1.82) is 0 Å². The number of thioether (sulfide) groups is 1. The fourth-order valence-electron chi connectivity index (χ4n) is 2.13. The molecule has 1 amide bonds. The summed E-state index contributed by atoms with van der Waals surface area (Å²) in [4.78, 5) is 13.5. The summed E-state index contributed by atoms with van der Waals surface area (Å²) in [7, 11) is 0. The number of hydrogen-bond acceptors (Lipinski definition) is 3. The summed E-state index contributed by atoms with van der Waals surface area (Å²) in [6.07, 6.45) is 1.98. The summed E-state index contributed by atoms with van der Waals surface area (Å²) in [5.74, 6) is -0.161. The molecule has 0 aromatic heterocycles. The lowest BCUT2D eigenvalue weighted by molar-refractivity contribution is 0.0915. The van der Waals surface area contributed by atoms with Crippen molar-refractivity contribution in [1.82, 2.24) is 5.32 Å². The van der Waals surface area contributed by atoms with E-state index in [0.29, 0.717) is 5.56 Å². The predicted octanol–water partition coefficient (Wildman–Crippen LogP) is 3.18. The molecular weight excluding hydrogens is 282 g/mol. The van der Waals surface area contributed by atoms with Crippen molar-refractivity contribution in [2.24, 2.45) is 0 Å². The van der Waals surface area contributed by atoms with Gasteiger partial charge in [-0.05, 0) is 36.4 Å². The highest BCUT2D eigenvalue weighted by atomic mass is 32.2. The number of amides is 1. The molecule has 2 N–H and O–H groups in total. The van der Waals surface area contributed by atoms with Crippen LogP contribution in [0.25, 0.3) is 0 Å². The van der Waals surface area contributed by atoms with Gasteiger partial charge in [0, 0.05) is 10.5 Å². The molecule has 0 radical (unpaired) electrons. The molecule has 2 rings (SSSR count). The van der Waals surface area contributed by atoms with Crippen molar-refractivity contribution < 1.29 is 9.90 Å². The highest BCUT2D eigenvalue weighted by molar-refractivity contribution is 7.98. The predicted molar refractivity (Wildman–Crippen MR) is 86.7 cm³/mol. The van der Waals surface area contributed by atoms with Crippen molar-refractivity contribution >= 4 is 17.7 Å². The normalized spacial score (nSPS) is 12.0. The number of aliphatic hydroxyl groups is 1. The molecule has 0 aliphatic heterocycles. The topological polar surface area (TPSA) is 49.3 Å². The van der Waals surface area contributed by atoms with Crippen LogP contribution in [0.2, 0.25) is 0 Å². The number of hydrogen-bond donors (Lipinski definition) is 2. The van der Waals surface area contributed by atoms with Gasteiger partial charge in [0.2, 0.25) is 0 Å². The van der Waals surface area contributed by atoms with E-state index >= 15 is 0 Å². The lowest BCUT2D eigenvalue weighted by Crippen LogP contribution is -2.31. The van der Waals surface area contributed by atoms with Crippen molar-refractivity contribution in [3.05, 3.63) is 65.2 Å². The molecule has 3 nitrogen and oxygen atoms in total. The third-order valence-corrected chi connectivity index (χ3v) is 4.10. The Kier molecular flexibility index (Phi) is 5.42.